The average molecular weight is 208 g/mol. The van der Waals surface area contributed by atoms with E-state index in [9.17, 15) is 0 Å². The molecule has 3 nitrogen and oxygen atoms in total. The molecule has 0 amide bonds. The first-order valence-corrected chi connectivity index (χ1v) is 5.75. The third-order valence-electron chi connectivity index (χ3n) is 3.22. The van der Waals surface area contributed by atoms with E-state index in [1.165, 1.54) is 12.8 Å². The zero-order valence-corrected chi connectivity index (χ0v) is 9.41. The highest BCUT2D eigenvalue weighted by molar-refractivity contribution is 5.05. The van der Waals surface area contributed by atoms with Crippen LogP contribution in [0.15, 0.2) is 16.5 Å². The Morgan fingerprint density at radius 2 is 2.13 bits per heavy atom. The van der Waals surface area contributed by atoms with Crippen molar-refractivity contribution in [2.24, 2.45) is 11.7 Å². The van der Waals surface area contributed by atoms with Crippen molar-refractivity contribution in [1.82, 2.24) is 4.90 Å². The number of likely N-dealkylation sites (tertiary alicyclic amines) is 1. The van der Waals surface area contributed by atoms with Gasteiger partial charge in [0.25, 0.3) is 0 Å². The molecule has 2 heterocycles. The highest BCUT2D eigenvalue weighted by atomic mass is 16.3. The Morgan fingerprint density at radius 1 is 1.40 bits per heavy atom. The summed E-state index contributed by atoms with van der Waals surface area (Å²) < 4.78 is 5.57. The normalized spacial score (nSPS) is 19.6. The number of piperidine rings is 1. The van der Waals surface area contributed by atoms with Crippen molar-refractivity contribution >= 4 is 0 Å². The maximum atomic E-state index is 5.67. The monoisotopic (exact) mass is 208 g/mol. The van der Waals surface area contributed by atoms with Crippen LogP contribution in [0.3, 0.4) is 0 Å². The Kier molecular flexibility index (Phi) is 3.44. The van der Waals surface area contributed by atoms with Gasteiger partial charge >= 0.3 is 0 Å². The van der Waals surface area contributed by atoms with Crippen LogP contribution in [0, 0.1) is 12.8 Å². The zero-order chi connectivity index (χ0) is 10.7. The van der Waals surface area contributed by atoms with Gasteiger partial charge in [-0.1, -0.05) is 0 Å². The molecule has 0 radical (unpaired) electrons. The molecule has 1 saturated heterocycles. The van der Waals surface area contributed by atoms with Gasteiger partial charge in [0.15, 0.2) is 0 Å². The summed E-state index contributed by atoms with van der Waals surface area (Å²) in [6.45, 7) is 6.09. The molecular weight excluding hydrogens is 188 g/mol. The number of hydrogen-bond donors (Lipinski definition) is 1. The van der Waals surface area contributed by atoms with E-state index >= 15 is 0 Å². The van der Waals surface area contributed by atoms with E-state index < -0.39 is 0 Å². The van der Waals surface area contributed by atoms with Crippen LogP contribution in [0.5, 0.6) is 0 Å². The third-order valence-corrected chi connectivity index (χ3v) is 3.22. The smallest absolute Gasteiger partial charge is 0.118 e. The van der Waals surface area contributed by atoms with Gasteiger partial charge < -0.3 is 10.2 Å². The van der Waals surface area contributed by atoms with Gasteiger partial charge in [0.1, 0.15) is 11.5 Å². The number of nitrogens with zero attached hydrogens (tertiary/aromatic N) is 1. The van der Waals surface area contributed by atoms with Gasteiger partial charge in [0.2, 0.25) is 0 Å². The van der Waals surface area contributed by atoms with E-state index in [0.29, 0.717) is 0 Å². The molecule has 1 aromatic heterocycles. The lowest BCUT2D eigenvalue weighted by Gasteiger charge is -2.30. The van der Waals surface area contributed by atoms with Crippen LogP contribution in [0.1, 0.15) is 24.4 Å². The second-order valence-electron chi connectivity index (χ2n) is 4.47. The maximum absolute atomic E-state index is 5.67. The molecule has 2 rings (SSSR count). The van der Waals surface area contributed by atoms with Crippen molar-refractivity contribution in [2.45, 2.75) is 26.3 Å². The van der Waals surface area contributed by atoms with E-state index in [-0.39, 0.29) is 0 Å². The summed E-state index contributed by atoms with van der Waals surface area (Å²) in [5.74, 6) is 2.82. The first-order valence-electron chi connectivity index (χ1n) is 5.75. The van der Waals surface area contributed by atoms with Gasteiger partial charge in [-0.15, -0.1) is 0 Å². The van der Waals surface area contributed by atoms with Crippen molar-refractivity contribution in [3.8, 4) is 0 Å². The van der Waals surface area contributed by atoms with E-state index in [2.05, 4.69) is 11.0 Å². The van der Waals surface area contributed by atoms with Crippen LogP contribution in [-0.4, -0.2) is 24.5 Å². The largest absolute Gasteiger partial charge is 0.465 e. The van der Waals surface area contributed by atoms with Gasteiger partial charge in [-0.05, 0) is 57.5 Å². The van der Waals surface area contributed by atoms with Crippen LogP contribution in [0.4, 0.5) is 0 Å². The molecular formula is C12H20N2O. The molecule has 1 aliphatic rings. The fourth-order valence-corrected chi connectivity index (χ4v) is 2.17. The molecule has 0 bridgehead atoms. The first kappa shape index (κ1) is 10.7. The fourth-order valence-electron chi connectivity index (χ4n) is 2.17. The predicted octanol–water partition coefficient (Wildman–Crippen LogP) is 1.76. The maximum Gasteiger partial charge on any atom is 0.118 e. The quantitative estimate of drug-likeness (QED) is 0.823. The van der Waals surface area contributed by atoms with Crippen molar-refractivity contribution < 1.29 is 4.42 Å². The molecule has 3 heteroatoms. The van der Waals surface area contributed by atoms with Crippen molar-refractivity contribution in [3.05, 3.63) is 23.7 Å². The second-order valence-corrected chi connectivity index (χ2v) is 4.47. The van der Waals surface area contributed by atoms with E-state index in [1.54, 1.807) is 0 Å². The molecule has 84 valence electrons. The van der Waals surface area contributed by atoms with Crippen LogP contribution in [0.2, 0.25) is 0 Å². The van der Waals surface area contributed by atoms with Crippen LogP contribution in [-0.2, 0) is 6.54 Å². The second kappa shape index (κ2) is 4.81. The summed E-state index contributed by atoms with van der Waals surface area (Å²) in [7, 11) is 0. The van der Waals surface area contributed by atoms with Gasteiger partial charge in [-0.3, -0.25) is 4.90 Å². The number of aryl methyl sites for hydroxylation is 1. The summed E-state index contributed by atoms with van der Waals surface area (Å²) in [6, 6.07) is 4.10. The Morgan fingerprint density at radius 3 is 2.67 bits per heavy atom. The molecule has 0 aromatic carbocycles. The van der Waals surface area contributed by atoms with Crippen LogP contribution in [0.25, 0.3) is 0 Å². The highest BCUT2D eigenvalue weighted by Gasteiger charge is 2.18. The summed E-state index contributed by atoms with van der Waals surface area (Å²) in [4.78, 5) is 2.45. The minimum atomic E-state index is 0.736. The fraction of sp³-hybridized carbons (Fsp3) is 0.667. The highest BCUT2D eigenvalue weighted by Crippen LogP contribution is 2.18. The van der Waals surface area contributed by atoms with Gasteiger partial charge in [0.05, 0.1) is 6.54 Å². The SMILES string of the molecule is Cc1ccc(CN2CCC(CN)CC2)o1. The van der Waals surface area contributed by atoms with Gasteiger partial charge in [-0.25, -0.2) is 0 Å². The lowest BCUT2D eigenvalue weighted by Crippen LogP contribution is -2.35. The van der Waals surface area contributed by atoms with E-state index in [0.717, 1.165) is 43.6 Å². The van der Waals surface area contributed by atoms with E-state index in [1.807, 2.05) is 13.0 Å². The minimum absolute atomic E-state index is 0.736. The zero-order valence-electron chi connectivity index (χ0n) is 9.41. The summed E-state index contributed by atoms with van der Waals surface area (Å²) >= 11 is 0. The summed E-state index contributed by atoms with van der Waals surface area (Å²) in [5.41, 5.74) is 5.67. The lowest BCUT2D eigenvalue weighted by molar-refractivity contribution is 0.169. The summed E-state index contributed by atoms with van der Waals surface area (Å²) in [6.07, 6.45) is 2.46. The molecule has 0 saturated carbocycles. The molecule has 1 fully saturated rings. The molecule has 2 N–H and O–H groups in total. The Labute approximate surface area is 91.2 Å². The van der Waals surface area contributed by atoms with Crippen LogP contribution >= 0.6 is 0 Å². The van der Waals surface area contributed by atoms with Crippen molar-refractivity contribution in [3.63, 3.8) is 0 Å². The Hall–Kier alpha value is -0.800. The molecule has 0 spiro atoms. The molecule has 1 aliphatic heterocycles. The number of hydrogen-bond acceptors (Lipinski definition) is 3. The predicted molar refractivity (Wildman–Crippen MR) is 60.5 cm³/mol. The number of nitrogens with two attached hydrogens (primary N) is 1. The van der Waals surface area contributed by atoms with Crippen molar-refractivity contribution in [2.75, 3.05) is 19.6 Å². The minimum Gasteiger partial charge on any atom is -0.465 e. The van der Waals surface area contributed by atoms with E-state index in [4.69, 9.17) is 10.2 Å². The number of furan rings is 1. The average Bonchev–Trinajstić information content (AvgIpc) is 2.65. The number of rotatable bonds is 3. The Bertz CT molecular complexity index is 300. The molecule has 0 unspecified atom stereocenters. The standard InChI is InChI=1S/C12H20N2O/c1-10-2-3-12(15-10)9-14-6-4-11(8-13)5-7-14/h2-3,11H,4-9,13H2,1H3. The Balaban J connectivity index is 1.82. The topological polar surface area (TPSA) is 42.4 Å². The first-order chi connectivity index (χ1) is 7.28. The van der Waals surface area contributed by atoms with Crippen LogP contribution < -0.4 is 5.73 Å². The van der Waals surface area contributed by atoms with Gasteiger partial charge in [0, 0.05) is 0 Å². The molecule has 0 aliphatic carbocycles. The molecule has 1 aromatic rings. The molecule has 15 heavy (non-hydrogen) atoms. The molecule has 0 atom stereocenters. The van der Waals surface area contributed by atoms with Gasteiger partial charge in [-0.2, -0.15) is 0 Å². The third kappa shape index (κ3) is 2.83. The lowest BCUT2D eigenvalue weighted by atomic mass is 9.97. The summed E-state index contributed by atoms with van der Waals surface area (Å²) in [5, 5.41) is 0. The van der Waals surface area contributed by atoms with Crippen molar-refractivity contribution in [1.29, 1.82) is 0 Å².